The summed E-state index contributed by atoms with van der Waals surface area (Å²) in [6.45, 7) is 7.99. The van der Waals surface area contributed by atoms with E-state index in [9.17, 15) is 9.90 Å². The van der Waals surface area contributed by atoms with Gasteiger partial charge in [-0.2, -0.15) is 0 Å². The highest BCUT2D eigenvalue weighted by Gasteiger charge is 2.18. The molecule has 1 aromatic carbocycles. The van der Waals surface area contributed by atoms with Gasteiger partial charge in [-0.1, -0.05) is 52.0 Å². The maximum atomic E-state index is 11.7. The molecule has 0 saturated carbocycles. The van der Waals surface area contributed by atoms with Crippen LogP contribution < -0.4 is 0 Å². The van der Waals surface area contributed by atoms with E-state index in [1.54, 1.807) is 0 Å². The molecule has 0 saturated heterocycles. The van der Waals surface area contributed by atoms with Crippen molar-refractivity contribution in [3.05, 3.63) is 35.4 Å². The Labute approximate surface area is 104 Å². The van der Waals surface area contributed by atoms with Crippen LogP contribution >= 0.6 is 0 Å². The third kappa shape index (κ3) is 3.97. The van der Waals surface area contributed by atoms with Crippen LogP contribution in [0.1, 0.15) is 44.7 Å². The van der Waals surface area contributed by atoms with Gasteiger partial charge in [0.2, 0.25) is 0 Å². The first-order valence-corrected chi connectivity index (χ1v) is 6.21. The van der Waals surface area contributed by atoms with Gasteiger partial charge in [0.15, 0.2) is 5.78 Å². The molecule has 0 aliphatic rings. The molecule has 0 radical (unpaired) electrons. The molecule has 2 heteroatoms. The molecule has 1 N–H and O–H groups in total. The predicted molar refractivity (Wildman–Crippen MR) is 70.1 cm³/mol. The van der Waals surface area contributed by atoms with Crippen LogP contribution in [0.3, 0.4) is 0 Å². The molecule has 0 aliphatic heterocycles. The van der Waals surface area contributed by atoms with Crippen molar-refractivity contribution in [2.75, 3.05) is 0 Å². The summed E-state index contributed by atoms with van der Waals surface area (Å²) in [5, 5.41) is 9.65. The van der Waals surface area contributed by atoms with Gasteiger partial charge in [0.05, 0.1) is 0 Å². The molecule has 1 unspecified atom stereocenters. The SMILES string of the molecule is CC(C)c1ccc(CC(=O)C(O)C(C)C)cc1. The minimum Gasteiger partial charge on any atom is -0.385 e. The fourth-order valence-corrected chi connectivity index (χ4v) is 1.70. The van der Waals surface area contributed by atoms with E-state index in [2.05, 4.69) is 26.0 Å². The number of rotatable bonds is 5. The van der Waals surface area contributed by atoms with E-state index in [0.717, 1.165) is 5.56 Å². The van der Waals surface area contributed by atoms with E-state index in [-0.39, 0.29) is 11.7 Å². The van der Waals surface area contributed by atoms with Gasteiger partial charge in [0.25, 0.3) is 0 Å². The molecule has 0 fully saturated rings. The fraction of sp³-hybridized carbons (Fsp3) is 0.533. The van der Waals surface area contributed by atoms with Gasteiger partial charge >= 0.3 is 0 Å². The first kappa shape index (κ1) is 13.9. The van der Waals surface area contributed by atoms with Crippen LogP contribution in [0, 0.1) is 5.92 Å². The highest BCUT2D eigenvalue weighted by atomic mass is 16.3. The molecular formula is C15H22O2. The Bertz CT molecular complexity index is 363. The second kappa shape index (κ2) is 5.97. The molecule has 1 aromatic rings. The zero-order valence-corrected chi connectivity index (χ0v) is 11.1. The normalized spacial score (nSPS) is 13.1. The number of aliphatic hydroxyl groups is 1. The van der Waals surface area contributed by atoms with Crippen molar-refractivity contribution >= 4 is 5.78 Å². The first-order valence-electron chi connectivity index (χ1n) is 6.21. The maximum absolute atomic E-state index is 11.7. The highest BCUT2D eigenvalue weighted by Crippen LogP contribution is 2.15. The van der Waals surface area contributed by atoms with Crippen LogP contribution in [0.25, 0.3) is 0 Å². The molecule has 2 nitrogen and oxygen atoms in total. The molecule has 0 spiro atoms. The van der Waals surface area contributed by atoms with E-state index in [1.807, 2.05) is 26.0 Å². The largest absolute Gasteiger partial charge is 0.385 e. The quantitative estimate of drug-likeness (QED) is 0.850. The number of Topliss-reactive ketones (excluding diaryl/α,β-unsaturated/α-hetero) is 1. The number of hydrogen-bond donors (Lipinski definition) is 1. The highest BCUT2D eigenvalue weighted by molar-refractivity contribution is 5.85. The van der Waals surface area contributed by atoms with E-state index >= 15 is 0 Å². The average molecular weight is 234 g/mol. The van der Waals surface area contributed by atoms with Crippen LogP contribution in [0.4, 0.5) is 0 Å². The van der Waals surface area contributed by atoms with Gasteiger partial charge in [-0.3, -0.25) is 4.79 Å². The number of carbonyl (C=O) groups is 1. The second-order valence-corrected chi connectivity index (χ2v) is 5.23. The third-order valence-corrected chi connectivity index (χ3v) is 2.99. The number of carbonyl (C=O) groups excluding carboxylic acids is 1. The molecule has 0 bridgehead atoms. The Morgan fingerprint density at radius 3 is 2.06 bits per heavy atom. The van der Waals surface area contributed by atoms with Gasteiger partial charge < -0.3 is 5.11 Å². The van der Waals surface area contributed by atoms with Crippen LogP contribution in [-0.4, -0.2) is 17.0 Å². The van der Waals surface area contributed by atoms with E-state index in [1.165, 1.54) is 5.56 Å². The molecule has 0 amide bonds. The summed E-state index contributed by atoms with van der Waals surface area (Å²) in [6, 6.07) is 8.05. The standard InChI is InChI=1S/C15H22O2/c1-10(2)13-7-5-12(6-8-13)9-14(16)15(17)11(3)4/h5-8,10-11,15,17H,9H2,1-4H3. The van der Waals surface area contributed by atoms with Gasteiger partial charge in [-0.05, 0) is 23.0 Å². The van der Waals surface area contributed by atoms with E-state index < -0.39 is 6.10 Å². The van der Waals surface area contributed by atoms with E-state index in [0.29, 0.717) is 12.3 Å². The van der Waals surface area contributed by atoms with Crippen molar-refractivity contribution in [2.45, 2.75) is 46.1 Å². The van der Waals surface area contributed by atoms with Crippen LogP contribution in [0.5, 0.6) is 0 Å². The minimum absolute atomic E-state index is 0.0163. The maximum Gasteiger partial charge on any atom is 0.165 e. The predicted octanol–water partition coefficient (Wildman–Crippen LogP) is 2.94. The molecule has 0 heterocycles. The summed E-state index contributed by atoms with van der Waals surface area (Å²) in [6.07, 6.45) is -0.530. The van der Waals surface area contributed by atoms with Gasteiger partial charge in [-0.15, -0.1) is 0 Å². The van der Waals surface area contributed by atoms with Crippen molar-refractivity contribution in [3.63, 3.8) is 0 Å². The van der Waals surface area contributed by atoms with Gasteiger partial charge in [0, 0.05) is 6.42 Å². The molecular weight excluding hydrogens is 212 g/mol. The lowest BCUT2D eigenvalue weighted by molar-refractivity contribution is -0.128. The zero-order chi connectivity index (χ0) is 13.0. The van der Waals surface area contributed by atoms with E-state index in [4.69, 9.17) is 0 Å². The summed E-state index contributed by atoms with van der Waals surface area (Å²) in [5.41, 5.74) is 2.24. The van der Waals surface area contributed by atoms with Gasteiger partial charge in [-0.25, -0.2) is 0 Å². The summed E-state index contributed by atoms with van der Waals surface area (Å²) in [4.78, 5) is 11.7. The lowest BCUT2D eigenvalue weighted by atomic mass is 9.96. The first-order chi connectivity index (χ1) is 7.91. The molecule has 17 heavy (non-hydrogen) atoms. The summed E-state index contributed by atoms with van der Waals surface area (Å²) in [7, 11) is 0. The topological polar surface area (TPSA) is 37.3 Å². The average Bonchev–Trinajstić information content (AvgIpc) is 2.28. The Balaban J connectivity index is 2.66. The van der Waals surface area contributed by atoms with Crippen molar-refractivity contribution in [3.8, 4) is 0 Å². The number of ketones is 1. The van der Waals surface area contributed by atoms with Crippen molar-refractivity contribution in [2.24, 2.45) is 5.92 Å². The van der Waals surface area contributed by atoms with Crippen LogP contribution in [0.2, 0.25) is 0 Å². The fourth-order valence-electron chi connectivity index (χ4n) is 1.70. The number of benzene rings is 1. The summed E-state index contributed by atoms with van der Waals surface area (Å²) in [5.74, 6) is 0.385. The van der Waals surface area contributed by atoms with Crippen LogP contribution in [0.15, 0.2) is 24.3 Å². The number of hydrogen-bond acceptors (Lipinski definition) is 2. The van der Waals surface area contributed by atoms with Crippen molar-refractivity contribution in [1.82, 2.24) is 0 Å². The molecule has 1 rings (SSSR count). The Kier molecular flexibility index (Phi) is 4.88. The lowest BCUT2D eigenvalue weighted by Gasteiger charge is -2.13. The minimum atomic E-state index is -0.847. The third-order valence-electron chi connectivity index (χ3n) is 2.99. The Hall–Kier alpha value is -1.15. The molecule has 0 aromatic heterocycles. The zero-order valence-electron chi connectivity index (χ0n) is 11.1. The van der Waals surface area contributed by atoms with Crippen molar-refractivity contribution in [1.29, 1.82) is 0 Å². The summed E-state index contributed by atoms with van der Waals surface area (Å²) < 4.78 is 0. The number of aliphatic hydroxyl groups excluding tert-OH is 1. The van der Waals surface area contributed by atoms with Crippen molar-refractivity contribution < 1.29 is 9.90 Å². The molecule has 0 aliphatic carbocycles. The smallest absolute Gasteiger partial charge is 0.165 e. The van der Waals surface area contributed by atoms with Crippen LogP contribution in [-0.2, 0) is 11.2 Å². The monoisotopic (exact) mass is 234 g/mol. The molecule has 94 valence electrons. The Morgan fingerprint density at radius 2 is 1.65 bits per heavy atom. The Morgan fingerprint density at radius 1 is 1.12 bits per heavy atom. The summed E-state index contributed by atoms with van der Waals surface area (Å²) >= 11 is 0. The second-order valence-electron chi connectivity index (χ2n) is 5.23. The molecule has 1 atom stereocenters. The van der Waals surface area contributed by atoms with Gasteiger partial charge in [0.1, 0.15) is 6.10 Å². The lowest BCUT2D eigenvalue weighted by Crippen LogP contribution is -2.27.